The maximum Gasteiger partial charge on any atom is 0.138 e. The molecule has 1 aliphatic rings. The smallest absolute Gasteiger partial charge is 0.138 e. The summed E-state index contributed by atoms with van der Waals surface area (Å²) in [5, 5.41) is 8.06. The van der Waals surface area contributed by atoms with Gasteiger partial charge in [-0.3, -0.25) is 0 Å². The van der Waals surface area contributed by atoms with Crippen LogP contribution in [0, 0.1) is 11.8 Å². The van der Waals surface area contributed by atoms with Crippen molar-refractivity contribution in [3.05, 3.63) is 12.2 Å². The summed E-state index contributed by atoms with van der Waals surface area (Å²) in [5.41, 5.74) is 0. The molecule has 0 bridgehead atoms. The number of nitrogens with one attached hydrogen (secondary N) is 1. The molecule has 1 aromatic rings. The number of likely N-dealkylation sites (N-methyl/N-ethyl adjacent to an activating group) is 1. The summed E-state index contributed by atoms with van der Waals surface area (Å²) in [6, 6.07) is 0.935. The third-order valence-corrected chi connectivity index (χ3v) is 4.55. The van der Waals surface area contributed by atoms with E-state index in [2.05, 4.69) is 47.8 Å². The van der Waals surface area contributed by atoms with Gasteiger partial charge in [0.2, 0.25) is 0 Å². The Bertz CT molecular complexity index is 399. The third kappa shape index (κ3) is 3.81. The summed E-state index contributed by atoms with van der Waals surface area (Å²) in [6.07, 6.45) is 8.19. The van der Waals surface area contributed by atoms with E-state index in [4.69, 9.17) is 0 Å². The van der Waals surface area contributed by atoms with Crippen LogP contribution in [0.1, 0.15) is 65.2 Å². The lowest BCUT2D eigenvalue weighted by atomic mass is 9.77. The Morgan fingerprint density at radius 2 is 2.20 bits per heavy atom. The first-order valence-corrected chi connectivity index (χ1v) is 8.23. The first-order valence-electron chi connectivity index (χ1n) is 8.23. The van der Waals surface area contributed by atoms with Crippen molar-refractivity contribution >= 4 is 0 Å². The molecule has 1 saturated carbocycles. The lowest BCUT2D eigenvalue weighted by molar-refractivity contribution is 0.219. The molecule has 1 fully saturated rings. The van der Waals surface area contributed by atoms with Crippen molar-refractivity contribution in [1.29, 1.82) is 0 Å². The maximum absolute atomic E-state index is 4.49. The Balaban J connectivity index is 2.06. The molecule has 2 rings (SSSR count). The highest BCUT2D eigenvalue weighted by atomic mass is 15.3. The van der Waals surface area contributed by atoms with Crippen LogP contribution >= 0.6 is 0 Å². The van der Waals surface area contributed by atoms with Crippen LogP contribution in [0.5, 0.6) is 0 Å². The van der Waals surface area contributed by atoms with Gasteiger partial charge in [0.15, 0.2) is 0 Å². The Kier molecular flexibility index (Phi) is 5.58. The molecule has 0 aliphatic heterocycles. The summed E-state index contributed by atoms with van der Waals surface area (Å²) in [5.74, 6) is 2.79. The van der Waals surface area contributed by atoms with Crippen molar-refractivity contribution in [1.82, 2.24) is 20.1 Å². The first kappa shape index (κ1) is 15.5. The number of nitrogens with zero attached hydrogens (tertiary/aromatic N) is 3. The molecular weight excluding hydrogens is 248 g/mol. The fourth-order valence-corrected chi connectivity index (χ4v) is 3.56. The molecule has 4 nitrogen and oxygen atoms in total. The van der Waals surface area contributed by atoms with Crippen molar-refractivity contribution < 1.29 is 0 Å². The molecule has 1 N–H and O–H groups in total. The van der Waals surface area contributed by atoms with Gasteiger partial charge in [-0.2, -0.15) is 5.10 Å². The average molecular weight is 278 g/mol. The van der Waals surface area contributed by atoms with Gasteiger partial charge in [0.05, 0.1) is 0 Å². The topological polar surface area (TPSA) is 42.7 Å². The zero-order valence-electron chi connectivity index (χ0n) is 13.5. The predicted molar refractivity (Wildman–Crippen MR) is 82.7 cm³/mol. The van der Waals surface area contributed by atoms with E-state index in [1.54, 1.807) is 6.33 Å². The fraction of sp³-hybridized carbons (Fsp3) is 0.875. The molecule has 0 spiro atoms. The second-order valence-electron chi connectivity index (χ2n) is 6.61. The van der Waals surface area contributed by atoms with E-state index in [-0.39, 0.29) is 0 Å². The number of hydrogen-bond acceptors (Lipinski definition) is 3. The minimum absolute atomic E-state index is 0.389. The van der Waals surface area contributed by atoms with Gasteiger partial charge in [-0.1, -0.05) is 26.7 Å². The van der Waals surface area contributed by atoms with Gasteiger partial charge in [0, 0.05) is 18.5 Å². The number of aromatic nitrogens is 3. The van der Waals surface area contributed by atoms with Gasteiger partial charge in [0.25, 0.3) is 0 Å². The van der Waals surface area contributed by atoms with E-state index in [0.29, 0.717) is 12.1 Å². The number of rotatable bonds is 6. The minimum Gasteiger partial charge on any atom is -0.314 e. The molecule has 114 valence electrons. The van der Waals surface area contributed by atoms with Crippen LogP contribution in [0.2, 0.25) is 0 Å². The van der Waals surface area contributed by atoms with E-state index in [0.717, 1.165) is 30.6 Å². The Labute approximate surface area is 123 Å². The standard InChI is InChI=1S/C16H30N4/c1-5-17-15(14-8-6-7-13(4)9-14)10-16-18-11-19-20(16)12(2)3/h11-15,17H,5-10H2,1-4H3. The van der Waals surface area contributed by atoms with Crippen LogP contribution in [0.4, 0.5) is 0 Å². The van der Waals surface area contributed by atoms with Crippen LogP contribution in [0.25, 0.3) is 0 Å². The zero-order chi connectivity index (χ0) is 14.5. The van der Waals surface area contributed by atoms with Crippen LogP contribution in [0.3, 0.4) is 0 Å². The van der Waals surface area contributed by atoms with Crippen molar-refractivity contribution in [2.24, 2.45) is 11.8 Å². The molecule has 0 radical (unpaired) electrons. The van der Waals surface area contributed by atoms with Gasteiger partial charge in [0.1, 0.15) is 12.2 Å². The average Bonchev–Trinajstić information content (AvgIpc) is 2.86. The summed E-state index contributed by atoms with van der Waals surface area (Å²) in [7, 11) is 0. The molecule has 3 unspecified atom stereocenters. The maximum atomic E-state index is 4.49. The van der Waals surface area contributed by atoms with E-state index in [1.807, 2.05) is 0 Å². The molecule has 1 aromatic heterocycles. The van der Waals surface area contributed by atoms with Crippen LogP contribution < -0.4 is 5.32 Å². The Morgan fingerprint density at radius 3 is 2.85 bits per heavy atom. The van der Waals surface area contributed by atoms with Crippen LogP contribution in [0.15, 0.2) is 6.33 Å². The van der Waals surface area contributed by atoms with Gasteiger partial charge in [-0.15, -0.1) is 0 Å². The fourth-order valence-electron chi connectivity index (χ4n) is 3.56. The second kappa shape index (κ2) is 7.21. The lowest BCUT2D eigenvalue weighted by Crippen LogP contribution is -2.40. The highest BCUT2D eigenvalue weighted by Gasteiger charge is 2.27. The van der Waals surface area contributed by atoms with Gasteiger partial charge >= 0.3 is 0 Å². The highest BCUT2D eigenvalue weighted by molar-refractivity contribution is 4.94. The van der Waals surface area contributed by atoms with Crippen molar-refractivity contribution in [2.75, 3.05) is 6.54 Å². The minimum atomic E-state index is 0.389. The van der Waals surface area contributed by atoms with Crippen molar-refractivity contribution in [3.63, 3.8) is 0 Å². The van der Waals surface area contributed by atoms with Crippen molar-refractivity contribution in [2.45, 2.75) is 71.9 Å². The Hall–Kier alpha value is -0.900. The summed E-state index contributed by atoms with van der Waals surface area (Å²) in [6.45, 7) is 9.97. The van der Waals surface area contributed by atoms with E-state index >= 15 is 0 Å². The normalized spacial score (nSPS) is 25.1. The number of hydrogen-bond donors (Lipinski definition) is 1. The summed E-state index contributed by atoms with van der Waals surface area (Å²) in [4.78, 5) is 4.49. The molecule has 1 heterocycles. The largest absolute Gasteiger partial charge is 0.314 e. The molecule has 4 heteroatoms. The first-order chi connectivity index (χ1) is 9.61. The van der Waals surface area contributed by atoms with Crippen molar-refractivity contribution in [3.8, 4) is 0 Å². The third-order valence-electron chi connectivity index (χ3n) is 4.55. The predicted octanol–water partition coefficient (Wildman–Crippen LogP) is 3.21. The van der Waals surface area contributed by atoms with Gasteiger partial charge < -0.3 is 5.32 Å². The van der Waals surface area contributed by atoms with Gasteiger partial charge in [-0.05, 0) is 45.1 Å². The lowest BCUT2D eigenvalue weighted by Gasteiger charge is -2.33. The SMILES string of the molecule is CCNC(Cc1ncnn1C(C)C)C1CCCC(C)C1. The van der Waals surface area contributed by atoms with E-state index in [9.17, 15) is 0 Å². The molecule has 3 atom stereocenters. The molecule has 0 aromatic carbocycles. The summed E-state index contributed by atoms with van der Waals surface area (Å²) >= 11 is 0. The van der Waals surface area contributed by atoms with E-state index in [1.165, 1.54) is 25.7 Å². The summed E-state index contributed by atoms with van der Waals surface area (Å²) < 4.78 is 2.07. The second-order valence-corrected chi connectivity index (χ2v) is 6.61. The molecule has 20 heavy (non-hydrogen) atoms. The highest BCUT2D eigenvalue weighted by Crippen LogP contribution is 2.31. The molecule has 1 aliphatic carbocycles. The molecule has 0 saturated heterocycles. The Morgan fingerprint density at radius 1 is 1.40 bits per heavy atom. The monoisotopic (exact) mass is 278 g/mol. The molecular formula is C16H30N4. The zero-order valence-corrected chi connectivity index (χ0v) is 13.5. The van der Waals surface area contributed by atoms with E-state index < -0.39 is 0 Å². The quantitative estimate of drug-likeness (QED) is 0.869. The van der Waals surface area contributed by atoms with Crippen LogP contribution in [-0.4, -0.2) is 27.4 Å². The van der Waals surface area contributed by atoms with Gasteiger partial charge in [-0.25, -0.2) is 9.67 Å². The molecule has 0 amide bonds. The van der Waals surface area contributed by atoms with Crippen LogP contribution in [-0.2, 0) is 6.42 Å².